The van der Waals surface area contributed by atoms with Gasteiger partial charge in [0.2, 0.25) is 0 Å². The maximum Gasteiger partial charge on any atom is 0.138 e. The van der Waals surface area contributed by atoms with Crippen LogP contribution in [0.5, 0.6) is 5.75 Å². The molecule has 17 heavy (non-hydrogen) atoms. The Bertz CT molecular complexity index is 485. The second-order valence-corrected chi connectivity index (χ2v) is 3.94. The fourth-order valence-corrected chi connectivity index (χ4v) is 1.55. The number of ether oxygens (including phenoxy) is 1. The lowest BCUT2D eigenvalue weighted by atomic mass is 10.2. The Kier molecular flexibility index (Phi) is 3.94. The standard InChI is InChI=1S/C13H13ClN2O/c1-10-3-2-6-15-13(10)9-17-12-5-4-11(7-14)16-8-12/h2-6,8H,7,9H2,1H3. The molecule has 2 heterocycles. The van der Waals surface area contributed by atoms with Gasteiger partial charge in [-0.1, -0.05) is 6.07 Å². The first kappa shape index (κ1) is 11.9. The second kappa shape index (κ2) is 5.64. The van der Waals surface area contributed by atoms with Crippen LogP contribution in [-0.2, 0) is 12.5 Å². The van der Waals surface area contributed by atoms with Crippen LogP contribution in [0.25, 0.3) is 0 Å². The van der Waals surface area contributed by atoms with Crippen LogP contribution >= 0.6 is 11.6 Å². The molecule has 4 heteroatoms. The van der Waals surface area contributed by atoms with Gasteiger partial charge in [0.25, 0.3) is 0 Å². The molecule has 3 nitrogen and oxygen atoms in total. The van der Waals surface area contributed by atoms with E-state index in [0.717, 1.165) is 22.7 Å². The Labute approximate surface area is 105 Å². The van der Waals surface area contributed by atoms with Gasteiger partial charge in [-0.25, -0.2) is 0 Å². The van der Waals surface area contributed by atoms with E-state index in [9.17, 15) is 0 Å². The summed E-state index contributed by atoms with van der Waals surface area (Å²) in [7, 11) is 0. The van der Waals surface area contributed by atoms with Gasteiger partial charge in [0.15, 0.2) is 0 Å². The molecule has 0 aliphatic carbocycles. The molecule has 0 radical (unpaired) electrons. The number of alkyl halides is 1. The fourth-order valence-electron chi connectivity index (χ4n) is 1.40. The van der Waals surface area contributed by atoms with Gasteiger partial charge < -0.3 is 4.74 Å². The molecule has 0 fully saturated rings. The third kappa shape index (κ3) is 3.17. The molecule has 88 valence electrons. The second-order valence-electron chi connectivity index (χ2n) is 3.67. The molecule has 0 saturated heterocycles. The van der Waals surface area contributed by atoms with Crippen LogP contribution in [0.1, 0.15) is 17.0 Å². The van der Waals surface area contributed by atoms with Crippen molar-refractivity contribution in [1.29, 1.82) is 0 Å². The highest BCUT2D eigenvalue weighted by Gasteiger charge is 2.01. The molecule has 2 aromatic rings. The van der Waals surface area contributed by atoms with Crippen molar-refractivity contribution < 1.29 is 4.74 Å². The molecule has 0 spiro atoms. The molecular formula is C13H13ClN2O. The van der Waals surface area contributed by atoms with E-state index in [4.69, 9.17) is 16.3 Å². The zero-order valence-corrected chi connectivity index (χ0v) is 10.3. The Hall–Kier alpha value is -1.61. The van der Waals surface area contributed by atoms with E-state index in [1.54, 1.807) is 12.4 Å². The molecule has 0 aliphatic rings. The van der Waals surface area contributed by atoms with Crippen molar-refractivity contribution in [3.63, 3.8) is 0 Å². The van der Waals surface area contributed by atoms with E-state index in [2.05, 4.69) is 9.97 Å². The quantitative estimate of drug-likeness (QED) is 0.780. The SMILES string of the molecule is Cc1cccnc1COc1ccc(CCl)nc1. The average molecular weight is 249 g/mol. The number of halogens is 1. The van der Waals surface area contributed by atoms with Gasteiger partial charge in [-0.15, -0.1) is 11.6 Å². The van der Waals surface area contributed by atoms with Crippen LogP contribution in [0.2, 0.25) is 0 Å². The maximum absolute atomic E-state index is 5.66. The highest BCUT2D eigenvalue weighted by atomic mass is 35.5. The zero-order chi connectivity index (χ0) is 12.1. The third-order valence-corrected chi connectivity index (χ3v) is 2.70. The summed E-state index contributed by atoms with van der Waals surface area (Å²) in [5.41, 5.74) is 2.90. The normalized spacial score (nSPS) is 10.2. The smallest absolute Gasteiger partial charge is 0.138 e. The van der Waals surface area contributed by atoms with Crippen LogP contribution < -0.4 is 4.74 Å². The number of hydrogen-bond acceptors (Lipinski definition) is 3. The fraction of sp³-hybridized carbons (Fsp3) is 0.231. The minimum absolute atomic E-state index is 0.416. The van der Waals surface area contributed by atoms with Gasteiger partial charge in [0.1, 0.15) is 12.4 Å². The largest absolute Gasteiger partial charge is 0.486 e. The van der Waals surface area contributed by atoms with E-state index in [1.807, 2.05) is 31.2 Å². The van der Waals surface area contributed by atoms with Crippen LogP contribution in [0.4, 0.5) is 0 Å². The first-order chi connectivity index (χ1) is 8.29. The first-order valence-corrected chi connectivity index (χ1v) is 5.87. The van der Waals surface area contributed by atoms with Gasteiger partial charge in [-0.05, 0) is 30.7 Å². The summed E-state index contributed by atoms with van der Waals surface area (Å²) in [5, 5.41) is 0. The first-order valence-electron chi connectivity index (χ1n) is 5.34. The molecular weight excluding hydrogens is 236 g/mol. The van der Waals surface area contributed by atoms with Gasteiger partial charge in [0, 0.05) is 6.20 Å². The lowest BCUT2D eigenvalue weighted by Gasteiger charge is -2.07. The number of nitrogens with zero attached hydrogens (tertiary/aromatic N) is 2. The summed E-state index contributed by atoms with van der Waals surface area (Å²) in [5.74, 6) is 1.14. The van der Waals surface area contributed by atoms with Gasteiger partial charge in [0.05, 0.1) is 23.5 Å². The van der Waals surface area contributed by atoms with Crippen molar-refractivity contribution in [3.05, 3.63) is 53.6 Å². The Balaban J connectivity index is 2.00. The molecule has 0 aromatic carbocycles. The van der Waals surface area contributed by atoms with Crippen LogP contribution in [0, 0.1) is 6.92 Å². The lowest BCUT2D eigenvalue weighted by Crippen LogP contribution is -2.00. The van der Waals surface area contributed by atoms with Gasteiger partial charge >= 0.3 is 0 Å². The highest BCUT2D eigenvalue weighted by Crippen LogP contribution is 2.13. The lowest BCUT2D eigenvalue weighted by molar-refractivity contribution is 0.299. The minimum Gasteiger partial charge on any atom is -0.486 e. The van der Waals surface area contributed by atoms with Crippen LogP contribution in [0.15, 0.2) is 36.7 Å². The third-order valence-electron chi connectivity index (χ3n) is 2.43. The summed E-state index contributed by atoms with van der Waals surface area (Å²) in [6.45, 7) is 2.47. The van der Waals surface area contributed by atoms with E-state index in [1.165, 1.54) is 0 Å². The van der Waals surface area contributed by atoms with E-state index >= 15 is 0 Å². The summed E-state index contributed by atoms with van der Waals surface area (Å²) >= 11 is 5.66. The summed E-state index contributed by atoms with van der Waals surface area (Å²) in [6, 6.07) is 7.65. The predicted molar refractivity (Wildman–Crippen MR) is 67.1 cm³/mol. The van der Waals surface area contributed by atoms with Gasteiger partial charge in [-0.3, -0.25) is 9.97 Å². The number of aromatic nitrogens is 2. The molecule has 2 aromatic heterocycles. The molecule has 0 atom stereocenters. The number of pyridine rings is 2. The summed E-state index contributed by atoms with van der Waals surface area (Å²) in [4.78, 5) is 8.42. The summed E-state index contributed by atoms with van der Waals surface area (Å²) in [6.07, 6.45) is 3.44. The molecule has 0 amide bonds. The predicted octanol–water partition coefficient (Wildman–Crippen LogP) is 3.10. The minimum atomic E-state index is 0.416. The molecule has 0 unspecified atom stereocenters. The molecule has 0 saturated carbocycles. The monoisotopic (exact) mass is 248 g/mol. The Morgan fingerprint density at radius 1 is 1.24 bits per heavy atom. The van der Waals surface area contributed by atoms with Crippen molar-refractivity contribution in [2.24, 2.45) is 0 Å². The van der Waals surface area contributed by atoms with Crippen LogP contribution in [0.3, 0.4) is 0 Å². The van der Waals surface area contributed by atoms with Crippen molar-refractivity contribution >= 4 is 11.6 Å². The average Bonchev–Trinajstić information content (AvgIpc) is 2.38. The van der Waals surface area contributed by atoms with Crippen molar-refractivity contribution in [1.82, 2.24) is 9.97 Å². The topological polar surface area (TPSA) is 35.0 Å². The number of aryl methyl sites for hydroxylation is 1. The van der Waals surface area contributed by atoms with Crippen LogP contribution in [-0.4, -0.2) is 9.97 Å². The maximum atomic E-state index is 5.66. The summed E-state index contributed by atoms with van der Waals surface area (Å²) < 4.78 is 5.60. The van der Waals surface area contributed by atoms with Crippen molar-refractivity contribution in [3.8, 4) is 5.75 Å². The number of rotatable bonds is 4. The molecule has 0 bridgehead atoms. The van der Waals surface area contributed by atoms with E-state index < -0.39 is 0 Å². The van der Waals surface area contributed by atoms with E-state index in [0.29, 0.717) is 12.5 Å². The Morgan fingerprint density at radius 2 is 2.12 bits per heavy atom. The number of hydrogen-bond donors (Lipinski definition) is 0. The van der Waals surface area contributed by atoms with Crippen molar-refractivity contribution in [2.75, 3.05) is 0 Å². The Morgan fingerprint density at radius 3 is 2.76 bits per heavy atom. The molecule has 0 N–H and O–H groups in total. The van der Waals surface area contributed by atoms with E-state index in [-0.39, 0.29) is 0 Å². The molecule has 0 aliphatic heterocycles. The molecule has 2 rings (SSSR count). The highest BCUT2D eigenvalue weighted by molar-refractivity contribution is 6.16. The van der Waals surface area contributed by atoms with Gasteiger partial charge in [-0.2, -0.15) is 0 Å². The van der Waals surface area contributed by atoms with Crippen molar-refractivity contribution in [2.45, 2.75) is 19.4 Å². The zero-order valence-electron chi connectivity index (χ0n) is 9.56.